The summed E-state index contributed by atoms with van der Waals surface area (Å²) in [6.07, 6.45) is 0. The average molecular weight is 568 g/mol. The summed E-state index contributed by atoms with van der Waals surface area (Å²) < 4.78 is 10.3. The smallest absolute Gasteiger partial charge is 0.328 e. The molecule has 36 heavy (non-hydrogen) atoms. The molecule has 0 aliphatic rings. The molecule has 2 aromatic carbocycles. The lowest BCUT2D eigenvalue weighted by Gasteiger charge is -2.09. The highest BCUT2D eigenvalue weighted by atomic mass is 35.5. The highest BCUT2D eigenvalue weighted by Gasteiger charge is 2.29. The van der Waals surface area contributed by atoms with Crippen LogP contribution in [0.25, 0.3) is 22.5 Å². The van der Waals surface area contributed by atoms with Crippen LogP contribution in [0.5, 0.6) is 0 Å². The third-order valence-electron chi connectivity index (χ3n) is 5.03. The molecule has 2 N–H and O–H groups in total. The Bertz CT molecular complexity index is 1380. The Morgan fingerprint density at radius 3 is 1.33 bits per heavy atom. The highest BCUT2D eigenvalue weighted by molar-refractivity contribution is 6.40. The van der Waals surface area contributed by atoms with E-state index in [1.807, 2.05) is 0 Å². The van der Waals surface area contributed by atoms with Crippen LogP contribution in [-0.2, 0) is 0 Å². The van der Waals surface area contributed by atoms with E-state index in [0.717, 1.165) is 0 Å². The van der Waals surface area contributed by atoms with Crippen LogP contribution in [0, 0.1) is 13.8 Å². The van der Waals surface area contributed by atoms with E-state index in [0.29, 0.717) is 0 Å². The quantitative estimate of drug-likeness (QED) is 0.288. The minimum absolute atomic E-state index is 0.0326. The lowest BCUT2D eigenvalue weighted by molar-refractivity contribution is 0.0944. The standard InChI is InChI=1S/C23H14Cl4N4O5/c1-9-15(19(30-35-9)17-11(24)5-3-6-12(17)25)21(32)28-23(34)29-22(33)16-10(2)36-31-20(16)18-13(26)7-4-8-14(18)27/h3-8H,1-2H3,(H2,28,29,32,33,34). The molecule has 0 atom stereocenters. The number of imide groups is 2. The Balaban J connectivity index is 1.58. The van der Waals surface area contributed by atoms with Gasteiger partial charge in [-0.05, 0) is 38.1 Å². The number of aryl methyl sites for hydroxylation is 2. The highest BCUT2D eigenvalue weighted by Crippen LogP contribution is 2.38. The molecular weight excluding hydrogens is 554 g/mol. The number of nitrogens with one attached hydrogen (secondary N) is 2. The van der Waals surface area contributed by atoms with Crippen molar-refractivity contribution in [1.82, 2.24) is 20.9 Å². The molecule has 4 rings (SSSR count). The topological polar surface area (TPSA) is 127 Å². The van der Waals surface area contributed by atoms with Gasteiger partial charge >= 0.3 is 6.03 Å². The zero-order chi connectivity index (χ0) is 26.1. The van der Waals surface area contributed by atoms with Crippen molar-refractivity contribution in [3.05, 3.63) is 79.1 Å². The van der Waals surface area contributed by atoms with Gasteiger partial charge in [0, 0.05) is 11.1 Å². The lowest BCUT2D eigenvalue weighted by Crippen LogP contribution is -2.42. The van der Waals surface area contributed by atoms with Crippen LogP contribution in [-0.4, -0.2) is 28.2 Å². The molecule has 0 radical (unpaired) electrons. The maximum absolute atomic E-state index is 12.9. The first-order valence-electron chi connectivity index (χ1n) is 10.1. The van der Waals surface area contributed by atoms with Gasteiger partial charge in [-0.15, -0.1) is 0 Å². The second-order valence-corrected chi connectivity index (χ2v) is 8.98. The fourth-order valence-corrected chi connectivity index (χ4v) is 4.58. The van der Waals surface area contributed by atoms with Crippen molar-refractivity contribution in [1.29, 1.82) is 0 Å². The molecule has 0 fully saturated rings. The largest absolute Gasteiger partial charge is 0.360 e. The number of carbonyl (C=O) groups excluding carboxylic acids is 3. The second-order valence-electron chi connectivity index (χ2n) is 7.36. The van der Waals surface area contributed by atoms with E-state index in [1.54, 1.807) is 36.4 Å². The van der Waals surface area contributed by atoms with Crippen molar-refractivity contribution in [2.24, 2.45) is 0 Å². The fraction of sp³-hybridized carbons (Fsp3) is 0.0870. The third-order valence-corrected chi connectivity index (χ3v) is 6.29. The summed E-state index contributed by atoms with van der Waals surface area (Å²) in [4.78, 5) is 38.4. The summed E-state index contributed by atoms with van der Waals surface area (Å²) in [6.45, 7) is 2.94. The van der Waals surface area contributed by atoms with Gasteiger partial charge in [-0.3, -0.25) is 20.2 Å². The number of rotatable bonds is 4. The van der Waals surface area contributed by atoms with E-state index < -0.39 is 17.8 Å². The van der Waals surface area contributed by atoms with Crippen molar-refractivity contribution in [3.8, 4) is 22.5 Å². The van der Waals surface area contributed by atoms with E-state index in [9.17, 15) is 14.4 Å². The molecule has 0 spiro atoms. The van der Waals surface area contributed by atoms with Crippen LogP contribution in [0.3, 0.4) is 0 Å². The molecular formula is C23H14Cl4N4O5. The third kappa shape index (κ3) is 4.83. The molecule has 4 amide bonds. The molecule has 9 nitrogen and oxygen atoms in total. The monoisotopic (exact) mass is 566 g/mol. The second kappa shape index (κ2) is 10.3. The van der Waals surface area contributed by atoms with Gasteiger partial charge in [0.2, 0.25) is 0 Å². The Morgan fingerprint density at radius 2 is 1.00 bits per heavy atom. The van der Waals surface area contributed by atoms with Gasteiger partial charge in [-0.25, -0.2) is 4.79 Å². The summed E-state index contributed by atoms with van der Waals surface area (Å²) in [5, 5.41) is 12.7. The summed E-state index contributed by atoms with van der Waals surface area (Å²) in [7, 11) is 0. The van der Waals surface area contributed by atoms with Gasteiger partial charge in [0.05, 0.1) is 20.1 Å². The van der Waals surface area contributed by atoms with E-state index in [1.165, 1.54) is 13.8 Å². The molecule has 2 aromatic heterocycles. The average Bonchev–Trinajstić information content (AvgIpc) is 3.36. The molecule has 13 heteroatoms. The minimum Gasteiger partial charge on any atom is -0.360 e. The first kappa shape index (κ1) is 25.7. The number of hydrogen-bond donors (Lipinski definition) is 2. The van der Waals surface area contributed by atoms with E-state index >= 15 is 0 Å². The molecule has 0 saturated heterocycles. The molecule has 0 aliphatic heterocycles. The van der Waals surface area contributed by atoms with Crippen molar-refractivity contribution < 1.29 is 23.4 Å². The number of hydrogen-bond acceptors (Lipinski definition) is 7. The van der Waals surface area contributed by atoms with E-state index in [2.05, 4.69) is 20.9 Å². The number of aromatic nitrogens is 2. The number of benzene rings is 2. The van der Waals surface area contributed by atoms with Crippen LogP contribution in [0.1, 0.15) is 32.2 Å². The van der Waals surface area contributed by atoms with Gasteiger partial charge in [0.1, 0.15) is 34.0 Å². The first-order chi connectivity index (χ1) is 17.1. The van der Waals surface area contributed by atoms with E-state index in [-0.39, 0.29) is 65.3 Å². The van der Waals surface area contributed by atoms with Gasteiger partial charge in [-0.2, -0.15) is 0 Å². The molecule has 0 saturated carbocycles. The fourth-order valence-electron chi connectivity index (χ4n) is 3.43. The molecule has 0 aliphatic carbocycles. The van der Waals surface area contributed by atoms with Crippen molar-refractivity contribution in [2.45, 2.75) is 13.8 Å². The van der Waals surface area contributed by atoms with Gasteiger partial charge in [0.25, 0.3) is 11.8 Å². The Hall–Kier alpha value is -3.37. The molecule has 2 heterocycles. The predicted octanol–water partition coefficient (Wildman–Crippen LogP) is 6.51. The predicted molar refractivity (Wildman–Crippen MR) is 134 cm³/mol. The summed E-state index contributed by atoms with van der Waals surface area (Å²) in [5.74, 6) is -1.60. The van der Waals surface area contributed by atoms with Gasteiger partial charge in [-0.1, -0.05) is 68.8 Å². The van der Waals surface area contributed by atoms with Crippen LogP contribution in [0.4, 0.5) is 4.79 Å². The number of amides is 4. The SMILES string of the molecule is Cc1onc(-c2c(Cl)cccc2Cl)c1C(=O)NC(=O)NC(=O)c1c(-c2c(Cl)cccc2Cl)noc1C. The molecule has 0 unspecified atom stereocenters. The van der Waals surface area contributed by atoms with Crippen LogP contribution < -0.4 is 10.6 Å². The number of halogens is 4. The molecule has 184 valence electrons. The number of nitrogens with zero attached hydrogens (tertiary/aromatic N) is 2. The van der Waals surface area contributed by atoms with Crippen LogP contribution in [0.2, 0.25) is 20.1 Å². The Labute approximate surface area is 223 Å². The summed E-state index contributed by atoms with van der Waals surface area (Å²) in [5.41, 5.74) is 0.395. The summed E-state index contributed by atoms with van der Waals surface area (Å²) >= 11 is 24.9. The molecule has 0 bridgehead atoms. The maximum Gasteiger partial charge on any atom is 0.328 e. The maximum atomic E-state index is 12.9. The van der Waals surface area contributed by atoms with E-state index in [4.69, 9.17) is 55.4 Å². The lowest BCUT2D eigenvalue weighted by atomic mass is 10.1. The normalized spacial score (nSPS) is 10.8. The van der Waals surface area contributed by atoms with Crippen molar-refractivity contribution >= 4 is 64.2 Å². The summed E-state index contributed by atoms with van der Waals surface area (Å²) in [6, 6.07) is 8.36. The minimum atomic E-state index is -1.13. The van der Waals surface area contributed by atoms with Crippen LogP contribution in [0.15, 0.2) is 45.4 Å². The Morgan fingerprint density at radius 1 is 0.667 bits per heavy atom. The number of carbonyl (C=O) groups is 3. The van der Waals surface area contributed by atoms with Crippen molar-refractivity contribution in [3.63, 3.8) is 0 Å². The van der Waals surface area contributed by atoms with Gasteiger partial charge < -0.3 is 9.05 Å². The van der Waals surface area contributed by atoms with Crippen molar-refractivity contribution in [2.75, 3.05) is 0 Å². The molecule has 4 aromatic rings. The zero-order valence-corrected chi connectivity index (χ0v) is 21.4. The first-order valence-corrected chi connectivity index (χ1v) is 11.6. The van der Waals surface area contributed by atoms with Gasteiger partial charge in [0.15, 0.2) is 0 Å². The zero-order valence-electron chi connectivity index (χ0n) is 18.4. The van der Waals surface area contributed by atoms with Crippen LogP contribution >= 0.6 is 46.4 Å². The Kier molecular flexibility index (Phi) is 7.37. The number of urea groups is 1.